The molecule has 1 aliphatic rings. The fourth-order valence-corrected chi connectivity index (χ4v) is 1.89. The van der Waals surface area contributed by atoms with Gasteiger partial charge in [-0.05, 0) is 12.8 Å². The van der Waals surface area contributed by atoms with Crippen LogP contribution in [0.5, 0.6) is 0 Å². The van der Waals surface area contributed by atoms with Crippen LogP contribution in [0.4, 0.5) is 0 Å². The van der Waals surface area contributed by atoms with Crippen molar-refractivity contribution >= 4 is 5.97 Å². The SMILES string of the molecule is CCOC(=O)[C@H]1[C@H](O)[C@@H](CO)C=C[C@H]1C. The fourth-order valence-electron chi connectivity index (χ4n) is 1.89. The predicted octanol–water partition coefficient (Wildman–Crippen LogP) is 0.341. The van der Waals surface area contributed by atoms with Gasteiger partial charge in [-0.25, -0.2) is 0 Å². The number of carbonyl (C=O) groups is 1. The average Bonchev–Trinajstić information content (AvgIpc) is 2.18. The molecule has 4 heteroatoms. The molecule has 1 rings (SSSR count). The highest BCUT2D eigenvalue weighted by Gasteiger charge is 2.38. The third kappa shape index (κ3) is 2.58. The number of rotatable bonds is 3. The molecule has 0 spiro atoms. The normalized spacial score (nSPS) is 35.2. The first-order valence-corrected chi connectivity index (χ1v) is 5.25. The summed E-state index contributed by atoms with van der Waals surface area (Å²) in [4.78, 5) is 11.6. The molecule has 0 radical (unpaired) electrons. The first-order chi connectivity index (χ1) is 7.11. The second-order valence-corrected chi connectivity index (χ2v) is 3.86. The molecule has 0 amide bonds. The molecule has 4 atom stereocenters. The minimum absolute atomic E-state index is 0.0538. The molecule has 86 valence electrons. The zero-order chi connectivity index (χ0) is 11.4. The standard InChI is InChI=1S/C11H18O4/c1-3-15-11(14)9-7(2)4-5-8(6-12)10(9)13/h4-5,7-10,12-13H,3,6H2,1-2H3/t7-,8-,9-,10-/m1/s1. The van der Waals surface area contributed by atoms with Crippen LogP contribution in [0.3, 0.4) is 0 Å². The first kappa shape index (κ1) is 12.2. The van der Waals surface area contributed by atoms with Crippen LogP contribution in [-0.2, 0) is 9.53 Å². The summed E-state index contributed by atoms with van der Waals surface area (Å²) in [5.74, 6) is -1.37. The second-order valence-electron chi connectivity index (χ2n) is 3.86. The smallest absolute Gasteiger partial charge is 0.312 e. The van der Waals surface area contributed by atoms with E-state index in [2.05, 4.69) is 0 Å². The number of aliphatic hydroxyl groups excluding tert-OH is 2. The van der Waals surface area contributed by atoms with Crippen molar-refractivity contribution in [2.75, 3.05) is 13.2 Å². The molecule has 1 aliphatic carbocycles. The molecule has 0 aromatic carbocycles. The van der Waals surface area contributed by atoms with Gasteiger partial charge in [0.05, 0.1) is 25.2 Å². The Morgan fingerprint density at radius 2 is 2.13 bits per heavy atom. The van der Waals surface area contributed by atoms with E-state index in [1.165, 1.54) is 0 Å². The molecule has 0 unspecified atom stereocenters. The zero-order valence-electron chi connectivity index (χ0n) is 9.09. The maximum atomic E-state index is 11.6. The summed E-state index contributed by atoms with van der Waals surface area (Å²) < 4.78 is 4.90. The highest BCUT2D eigenvalue weighted by atomic mass is 16.5. The van der Waals surface area contributed by atoms with Gasteiger partial charge in [0.25, 0.3) is 0 Å². The predicted molar refractivity (Wildman–Crippen MR) is 55.0 cm³/mol. The van der Waals surface area contributed by atoms with Crippen LogP contribution >= 0.6 is 0 Å². The molecule has 0 aromatic heterocycles. The van der Waals surface area contributed by atoms with Crippen LogP contribution < -0.4 is 0 Å². The van der Waals surface area contributed by atoms with Gasteiger partial charge in [-0.2, -0.15) is 0 Å². The van der Waals surface area contributed by atoms with Gasteiger partial charge in [0.2, 0.25) is 0 Å². The van der Waals surface area contributed by atoms with Gasteiger partial charge >= 0.3 is 5.97 Å². The summed E-state index contributed by atoms with van der Waals surface area (Å²) in [5, 5.41) is 18.9. The molecule has 0 bridgehead atoms. The number of carbonyl (C=O) groups excluding carboxylic acids is 1. The second kappa shape index (κ2) is 5.28. The summed E-state index contributed by atoms with van der Waals surface area (Å²) in [6.07, 6.45) is 2.74. The van der Waals surface area contributed by atoms with Crippen LogP contribution in [0.15, 0.2) is 12.2 Å². The summed E-state index contributed by atoms with van der Waals surface area (Å²) in [5.41, 5.74) is 0. The molecular weight excluding hydrogens is 196 g/mol. The molecule has 0 aliphatic heterocycles. The van der Waals surface area contributed by atoms with E-state index in [1.54, 1.807) is 13.0 Å². The Labute approximate surface area is 89.6 Å². The highest BCUT2D eigenvalue weighted by Crippen LogP contribution is 2.29. The minimum atomic E-state index is -0.853. The number of allylic oxidation sites excluding steroid dienone is 1. The summed E-state index contributed by atoms with van der Waals surface area (Å²) in [6.45, 7) is 3.74. The third-order valence-electron chi connectivity index (χ3n) is 2.80. The van der Waals surface area contributed by atoms with Gasteiger partial charge in [0.1, 0.15) is 0 Å². The van der Waals surface area contributed by atoms with Gasteiger partial charge in [-0.1, -0.05) is 19.1 Å². The number of hydrogen-bond donors (Lipinski definition) is 2. The van der Waals surface area contributed by atoms with Gasteiger partial charge < -0.3 is 14.9 Å². The molecule has 0 heterocycles. The lowest BCUT2D eigenvalue weighted by molar-refractivity contribution is -0.155. The van der Waals surface area contributed by atoms with Crippen molar-refractivity contribution in [1.29, 1.82) is 0 Å². The van der Waals surface area contributed by atoms with E-state index in [4.69, 9.17) is 9.84 Å². The molecule has 15 heavy (non-hydrogen) atoms. The Morgan fingerprint density at radius 1 is 1.47 bits per heavy atom. The van der Waals surface area contributed by atoms with Crippen LogP contribution in [0, 0.1) is 17.8 Å². The maximum absolute atomic E-state index is 11.6. The lowest BCUT2D eigenvalue weighted by Gasteiger charge is -2.32. The molecule has 0 fully saturated rings. The van der Waals surface area contributed by atoms with Crippen LogP contribution in [-0.4, -0.2) is 35.5 Å². The van der Waals surface area contributed by atoms with E-state index < -0.39 is 12.0 Å². The summed E-state index contributed by atoms with van der Waals surface area (Å²) >= 11 is 0. The third-order valence-corrected chi connectivity index (χ3v) is 2.80. The van der Waals surface area contributed by atoms with Crippen LogP contribution in [0.25, 0.3) is 0 Å². The largest absolute Gasteiger partial charge is 0.466 e. The summed E-state index contributed by atoms with van der Waals surface area (Å²) in [6, 6.07) is 0. The van der Waals surface area contributed by atoms with E-state index in [1.807, 2.05) is 13.0 Å². The number of hydrogen-bond acceptors (Lipinski definition) is 4. The minimum Gasteiger partial charge on any atom is -0.466 e. The highest BCUT2D eigenvalue weighted by molar-refractivity contribution is 5.74. The van der Waals surface area contributed by atoms with Gasteiger partial charge in [0, 0.05) is 5.92 Å². The van der Waals surface area contributed by atoms with E-state index in [0.717, 1.165) is 0 Å². The fraction of sp³-hybridized carbons (Fsp3) is 0.727. The Morgan fingerprint density at radius 3 is 2.67 bits per heavy atom. The zero-order valence-corrected chi connectivity index (χ0v) is 9.09. The maximum Gasteiger partial charge on any atom is 0.312 e. The summed E-state index contributed by atoms with van der Waals surface area (Å²) in [7, 11) is 0. The van der Waals surface area contributed by atoms with E-state index in [-0.39, 0.29) is 24.4 Å². The van der Waals surface area contributed by atoms with E-state index >= 15 is 0 Å². The Balaban J connectivity index is 2.77. The monoisotopic (exact) mass is 214 g/mol. The van der Waals surface area contributed by atoms with Gasteiger partial charge in [-0.15, -0.1) is 0 Å². The molecule has 2 N–H and O–H groups in total. The topological polar surface area (TPSA) is 66.8 Å². The lowest BCUT2D eigenvalue weighted by atomic mass is 9.77. The van der Waals surface area contributed by atoms with Crippen LogP contribution in [0.2, 0.25) is 0 Å². The Bertz CT molecular complexity index is 249. The molecule has 0 saturated carbocycles. The van der Waals surface area contributed by atoms with Crippen molar-refractivity contribution < 1.29 is 19.7 Å². The molecule has 4 nitrogen and oxygen atoms in total. The quantitative estimate of drug-likeness (QED) is 0.525. The van der Waals surface area contributed by atoms with Crippen molar-refractivity contribution in [2.24, 2.45) is 17.8 Å². The Hall–Kier alpha value is -0.870. The van der Waals surface area contributed by atoms with E-state index in [9.17, 15) is 9.90 Å². The Kier molecular flexibility index (Phi) is 4.29. The number of ether oxygens (including phenoxy) is 1. The van der Waals surface area contributed by atoms with Crippen molar-refractivity contribution in [3.05, 3.63) is 12.2 Å². The molecule has 0 aromatic rings. The van der Waals surface area contributed by atoms with Crippen LogP contribution in [0.1, 0.15) is 13.8 Å². The van der Waals surface area contributed by atoms with Crippen molar-refractivity contribution in [3.63, 3.8) is 0 Å². The first-order valence-electron chi connectivity index (χ1n) is 5.25. The molecular formula is C11H18O4. The van der Waals surface area contributed by atoms with Crippen molar-refractivity contribution in [1.82, 2.24) is 0 Å². The van der Waals surface area contributed by atoms with Crippen molar-refractivity contribution in [2.45, 2.75) is 20.0 Å². The lowest BCUT2D eigenvalue weighted by Crippen LogP contribution is -2.42. The number of aliphatic hydroxyl groups is 2. The van der Waals surface area contributed by atoms with Gasteiger partial charge in [-0.3, -0.25) is 4.79 Å². The number of esters is 1. The van der Waals surface area contributed by atoms with Crippen molar-refractivity contribution in [3.8, 4) is 0 Å². The molecule has 0 saturated heterocycles. The average molecular weight is 214 g/mol. The van der Waals surface area contributed by atoms with Gasteiger partial charge in [0.15, 0.2) is 0 Å². The van der Waals surface area contributed by atoms with E-state index in [0.29, 0.717) is 6.61 Å².